The first kappa shape index (κ1) is 16.0. The van der Waals surface area contributed by atoms with Crippen LogP contribution in [0.5, 0.6) is 5.75 Å². The quantitative estimate of drug-likeness (QED) is 0.797. The Hall–Kier alpha value is -1.36. The van der Waals surface area contributed by atoms with Crippen molar-refractivity contribution in [1.29, 1.82) is 0 Å². The number of thioether (sulfide) groups is 1. The number of amides is 1. The number of carbonyl (C=O) groups is 1. The van der Waals surface area contributed by atoms with Gasteiger partial charge in [0.2, 0.25) is 0 Å². The van der Waals surface area contributed by atoms with E-state index in [2.05, 4.69) is 5.32 Å². The van der Waals surface area contributed by atoms with Crippen LogP contribution in [0.2, 0.25) is 10.0 Å². The van der Waals surface area contributed by atoms with Gasteiger partial charge in [-0.05, 0) is 36.6 Å². The predicted octanol–water partition coefficient (Wildman–Crippen LogP) is 4.98. The van der Waals surface area contributed by atoms with Crippen molar-refractivity contribution in [3.63, 3.8) is 0 Å². The average Bonchev–Trinajstić information content (AvgIpc) is 2.47. The summed E-state index contributed by atoms with van der Waals surface area (Å²) in [5.41, 5.74) is 0.813. The zero-order valence-corrected chi connectivity index (χ0v) is 13.8. The Kier molecular flexibility index (Phi) is 5.39. The van der Waals surface area contributed by atoms with E-state index in [1.54, 1.807) is 43.1 Å². The molecule has 0 bridgehead atoms. The van der Waals surface area contributed by atoms with Crippen LogP contribution in [-0.4, -0.2) is 19.3 Å². The van der Waals surface area contributed by atoms with Crippen LogP contribution in [0.3, 0.4) is 0 Å². The second-order valence-electron chi connectivity index (χ2n) is 4.12. The summed E-state index contributed by atoms with van der Waals surface area (Å²) in [5.74, 6) is 0.208. The third kappa shape index (κ3) is 3.64. The summed E-state index contributed by atoms with van der Waals surface area (Å²) in [5, 5.41) is 3.38. The Morgan fingerprint density at radius 3 is 2.43 bits per heavy atom. The Morgan fingerprint density at radius 1 is 1.19 bits per heavy atom. The largest absolute Gasteiger partial charge is 0.495 e. The lowest BCUT2D eigenvalue weighted by Crippen LogP contribution is -2.13. The van der Waals surface area contributed by atoms with Gasteiger partial charge >= 0.3 is 0 Å². The molecule has 2 aromatic rings. The van der Waals surface area contributed by atoms with Gasteiger partial charge in [-0.1, -0.05) is 29.3 Å². The highest BCUT2D eigenvalue weighted by atomic mass is 35.5. The number of rotatable bonds is 4. The maximum absolute atomic E-state index is 12.3. The average molecular weight is 342 g/mol. The first-order valence-electron chi connectivity index (χ1n) is 6.04. The molecule has 2 aromatic carbocycles. The molecule has 0 saturated carbocycles. The molecule has 0 unspecified atom stereocenters. The van der Waals surface area contributed by atoms with E-state index in [1.165, 1.54) is 0 Å². The molecule has 21 heavy (non-hydrogen) atoms. The van der Waals surface area contributed by atoms with Crippen molar-refractivity contribution in [2.24, 2.45) is 0 Å². The molecule has 0 aliphatic heterocycles. The van der Waals surface area contributed by atoms with Gasteiger partial charge in [0.1, 0.15) is 5.75 Å². The fraction of sp³-hybridized carbons (Fsp3) is 0.133. The third-order valence-corrected chi connectivity index (χ3v) is 4.20. The van der Waals surface area contributed by atoms with Gasteiger partial charge in [0.05, 0.1) is 28.4 Å². The van der Waals surface area contributed by atoms with E-state index in [1.807, 2.05) is 18.4 Å². The number of methoxy groups -OCH3 is 1. The van der Waals surface area contributed by atoms with E-state index in [0.29, 0.717) is 21.5 Å². The lowest BCUT2D eigenvalue weighted by atomic mass is 10.2. The molecule has 1 amide bonds. The van der Waals surface area contributed by atoms with Crippen molar-refractivity contribution in [2.45, 2.75) is 4.90 Å². The predicted molar refractivity (Wildman–Crippen MR) is 89.2 cm³/mol. The molecule has 0 aliphatic carbocycles. The highest BCUT2D eigenvalue weighted by Gasteiger charge is 2.16. The summed E-state index contributed by atoms with van der Waals surface area (Å²) in [6.07, 6.45) is 1.97. The van der Waals surface area contributed by atoms with Crippen LogP contribution >= 0.6 is 35.0 Å². The second-order valence-corrected chi connectivity index (χ2v) is 5.81. The van der Waals surface area contributed by atoms with Gasteiger partial charge in [-0.3, -0.25) is 4.79 Å². The maximum Gasteiger partial charge on any atom is 0.258 e. The number of ether oxygens (including phenoxy) is 1. The SMILES string of the molecule is COc1cc(SC)ccc1NC(=O)c1c(Cl)cccc1Cl. The number of anilines is 1. The van der Waals surface area contributed by atoms with Gasteiger partial charge in [0.25, 0.3) is 5.91 Å². The summed E-state index contributed by atoms with van der Waals surface area (Å²) in [6.45, 7) is 0. The molecule has 1 N–H and O–H groups in total. The molecule has 6 heteroatoms. The van der Waals surface area contributed by atoms with Crippen molar-refractivity contribution in [1.82, 2.24) is 0 Å². The molecular formula is C15H13Cl2NO2S. The van der Waals surface area contributed by atoms with Crippen LogP contribution in [0, 0.1) is 0 Å². The monoisotopic (exact) mass is 341 g/mol. The highest BCUT2D eigenvalue weighted by molar-refractivity contribution is 7.98. The summed E-state index contributed by atoms with van der Waals surface area (Å²) < 4.78 is 5.29. The van der Waals surface area contributed by atoms with E-state index in [0.717, 1.165) is 4.90 Å². The van der Waals surface area contributed by atoms with Gasteiger partial charge in [-0.2, -0.15) is 0 Å². The minimum absolute atomic E-state index is 0.247. The number of nitrogens with one attached hydrogen (secondary N) is 1. The molecule has 3 nitrogen and oxygen atoms in total. The fourth-order valence-electron chi connectivity index (χ4n) is 1.80. The smallest absolute Gasteiger partial charge is 0.258 e. The zero-order valence-electron chi connectivity index (χ0n) is 11.4. The lowest BCUT2D eigenvalue weighted by molar-refractivity contribution is 0.102. The van der Waals surface area contributed by atoms with Crippen LogP contribution in [0.1, 0.15) is 10.4 Å². The van der Waals surface area contributed by atoms with Crippen molar-refractivity contribution in [2.75, 3.05) is 18.7 Å². The van der Waals surface area contributed by atoms with E-state index in [4.69, 9.17) is 27.9 Å². The first-order chi connectivity index (χ1) is 10.1. The molecule has 0 saturated heterocycles. The summed E-state index contributed by atoms with van der Waals surface area (Å²) >= 11 is 13.7. The molecule has 110 valence electrons. The summed E-state index contributed by atoms with van der Waals surface area (Å²) in [6, 6.07) is 10.5. The number of halogens is 2. The Labute approximate surface area is 137 Å². The Morgan fingerprint density at radius 2 is 1.86 bits per heavy atom. The third-order valence-electron chi connectivity index (χ3n) is 2.85. The Bertz CT molecular complexity index is 656. The summed E-state index contributed by atoms with van der Waals surface area (Å²) in [4.78, 5) is 13.4. The van der Waals surface area contributed by atoms with Gasteiger partial charge in [-0.15, -0.1) is 11.8 Å². The fourth-order valence-corrected chi connectivity index (χ4v) is 2.80. The van der Waals surface area contributed by atoms with Crippen molar-refractivity contribution in [3.05, 3.63) is 52.0 Å². The van der Waals surface area contributed by atoms with Crippen molar-refractivity contribution in [3.8, 4) is 5.75 Å². The van der Waals surface area contributed by atoms with E-state index in [-0.39, 0.29) is 11.5 Å². The van der Waals surface area contributed by atoms with Crippen molar-refractivity contribution < 1.29 is 9.53 Å². The molecule has 0 heterocycles. The minimum Gasteiger partial charge on any atom is -0.495 e. The standard InChI is InChI=1S/C15H13Cl2NO2S/c1-20-13-8-9(21-2)6-7-12(13)18-15(19)14-10(16)4-3-5-11(14)17/h3-8H,1-2H3,(H,18,19). The van der Waals surface area contributed by atoms with Gasteiger partial charge in [0.15, 0.2) is 0 Å². The van der Waals surface area contributed by atoms with Gasteiger partial charge < -0.3 is 10.1 Å². The van der Waals surface area contributed by atoms with Gasteiger partial charge in [-0.25, -0.2) is 0 Å². The van der Waals surface area contributed by atoms with Gasteiger partial charge in [0, 0.05) is 4.90 Å². The molecule has 0 spiro atoms. The molecular weight excluding hydrogens is 329 g/mol. The number of hydrogen-bond acceptors (Lipinski definition) is 3. The van der Waals surface area contributed by atoms with Crippen LogP contribution in [0.4, 0.5) is 5.69 Å². The number of benzene rings is 2. The highest BCUT2D eigenvalue weighted by Crippen LogP contribution is 2.31. The topological polar surface area (TPSA) is 38.3 Å². The molecule has 0 radical (unpaired) electrons. The zero-order chi connectivity index (χ0) is 15.4. The molecule has 0 fully saturated rings. The van der Waals surface area contributed by atoms with Crippen LogP contribution in [-0.2, 0) is 0 Å². The van der Waals surface area contributed by atoms with E-state index < -0.39 is 0 Å². The second kappa shape index (κ2) is 7.07. The minimum atomic E-state index is -0.374. The molecule has 0 aliphatic rings. The number of hydrogen-bond donors (Lipinski definition) is 1. The molecule has 2 rings (SSSR count). The van der Waals surface area contributed by atoms with E-state index in [9.17, 15) is 4.79 Å². The maximum atomic E-state index is 12.3. The van der Waals surface area contributed by atoms with Crippen LogP contribution in [0.25, 0.3) is 0 Å². The molecule has 0 atom stereocenters. The Balaban J connectivity index is 2.32. The number of carbonyl (C=O) groups excluding carboxylic acids is 1. The molecule has 0 aromatic heterocycles. The normalized spacial score (nSPS) is 10.3. The van der Waals surface area contributed by atoms with Crippen LogP contribution in [0.15, 0.2) is 41.3 Å². The first-order valence-corrected chi connectivity index (χ1v) is 8.02. The van der Waals surface area contributed by atoms with Crippen molar-refractivity contribution >= 4 is 46.6 Å². The lowest BCUT2D eigenvalue weighted by Gasteiger charge is -2.12. The van der Waals surface area contributed by atoms with Crippen LogP contribution < -0.4 is 10.1 Å². The summed E-state index contributed by atoms with van der Waals surface area (Å²) in [7, 11) is 1.55. The van der Waals surface area contributed by atoms with E-state index >= 15 is 0 Å².